The molecular weight excluding hydrogens is 264 g/mol. The summed E-state index contributed by atoms with van der Waals surface area (Å²) in [6.07, 6.45) is 1.21. The van der Waals surface area contributed by atoms with Crippen molar-refractivity contribution in [1.82, 2.24) is 4.98 Å². The van der Waals surface area contributed by atoms with E-state index in [0.717, 1.165) is 10.6 Å². The van der Waals surface area contributed by atoms with E-state index in [1.54, 1.807) is 11.3 Å². The number of aromatic nitrogens is 1. The topological polar surface area (TPSA) is 24.9 Å². The third-order valence-corrected chi connectivity index (χ3v) is 4.84. The Balaban J connectivity index is 1.52. The highest BCUT2D eigenvalue weighted by Crippen LogP contribution is 2.43. The highest BCUT2D eigenvalue weighted by atomic mass is 32.1. The van der Waals surface area contributed by atoms with E-state index in [4.69, 9.17) is 0 Å². The Bertz CT molecular complexity index is 748. The summed E-state index contributed by atoms with van der Waals surface area (Å²) in [6.45, 7) is 2.11. The second-order valence-corrected chi connectivity index (χ2v) is 6.52. The molecule has 0 saturated heterocycles. The van der Waals surface area contributed by atoms with Crippen LogP contribution in [0.25, 0.3) is 10.2 Å². The molecule has 3 heteroatoms. The lowest BCUT2D eigenvalue weighted by Crippen LogP contribution is -2.03. The summed E-state index contributed by atoms with van der Waals surface area (Å²) in [5.74, 6) is 0.643. The Morgan fingerprint density at radius 2 is 2.00 bits per heavy atom. The SMILES string of the molecule is Cc1ccc2sc(NC3CC3c3ccccc3)nc2c1. The fourth-order valence-electron chi connectivity index (χ4n) is 2.68. The van der Waals surface area contributed by atoms with Crippen LogP contribution in [0.1, 0.15) is 23.5 Å². The molecule has 4 rings (SSSR count). The number of nitrogens with one attached hydrogen (secondary N) is 1. The lowest BCUT2D eigenvalue weighted by molar-refractivity contribution is 1.04. The van der Waals surface area contributed by atoms with Gasteiger partial charge in [0, 0.05) is 12.0 Å². The highest BCUT2D eigenvalue weighted by Gasteiger charge is 2.38. The Morgan fingerprint density at radius 1 is 1.15 bits per heavy atom. The first kappa shape index (κ1) is 11.9. The van der Waals surface area contributed by atoms with Gasteiger partial charge in [-0.05, 0) is 36.6 Å². The second kappa shape index (κ2) is 4.60. The molecule has 3 aromatic rings. The van der Waals surface area contributed by atoms with Crippen LogP contribution >= 0.6 is 11.3 Å². The van der Waals surface area contributed by atoms with Gasteiger partial charge >= 0.3 is 0 Å². The number of hydrogen-bond donors (Lipinski definition) is 1. The number of nitrogens with zero attached hydrogens (tertiary/aromatic N) is 1. The monoisotopic (exact) mass is 280 g/mol. The van der Waals surface area contributed by atoms with Crippen LogP contribution in [0.15, 0.2) is 48.5 Å². The molecule has 0 spiro atoms. The average molecular weight is 280 g/mol. The lowest BCUT2D eigenvalue weighted by Gasteiger charge is -2.01. The summed E-state index contributed by atoms with van der Waals surface area (Å²) in [5.41, 5.74) is 3.80. The number of anilines is 1. The summed E-state index contributed by atoms with van der Waals surface area (Å²) in [7, 11) is 0. The molecule has 1 saturated carbocycles. The minimum atomic E-state index is 0.541. The fourth-order valence-corrected chi connectivity index (χ4v) is 3.59. The molecular formula is C17H16N2S. The van der Waals surface area contributed by atoms with E-state index in [1.807, 2.05) is 0 Å². The predicted octanol–water partition coefficient (Wildman–Crippen LogP) is 4.57. The number of hydrogen-bond acceptors (Lipinski definition) is 3. The van der Waals surface area contributed by atoms with Crippen molar-refractivity contribution in [3.05, 3.63) is 59.7 Å². The first-order chi connectivity index (χ1) is 9.79. The molecule has 0 aliphatic heterocycles. The molecule has 2 nitrogen and oxygen atoms in total. The van der Waals surface area contributed by atoms with Crippen LogP contribution in [-0.2, 0) is 0 Å². The standard InChI is InChI=1S/C17H16N2S/c1-11-7-8-16-15(9-11)19-17(20-16)18-14-10-13(14)12-5-3-2-4-6-12/h2-9,13-14H,10H2,1H3,(H,18,19). The second-order valence-electron chi connectivity index (χ2n) is 5.49. The van der Waals surface area contributed by atoms with E-state index in [2.05, 4.69) is 65.8 Å². The van der Waals surface area contributed by atoms with E-state index in [1.165, 1.54) is 22.2 Å². The molecule has 20 heavy (non-hydrogen) atoms. The quantitative estimate of drug-likeness (QED) is 0.760. The van der Waals surface area contributed by atoms with Crippen molar-refractivity contribution in [3.63, 3.8) is 0 Å². The van der Waals surface area contributed by atoms with E-state index in [-0.39, 0.29) is 0 Å². The lowest BCUT2D eigenvalue weighted by atomic mass is 10.1. The molecule has 2 aromatic carbocycles. The summed E-state index contributed by atoms with van der Waals surface area (Å²) in [5, 5.41) is 4.63. The van der Waals surface area contributed by atoms with Crippen LogP contribution in [0.5, 0.6) is 0 Å². The van der Waals surface area contributed by atoms with E-state index >= 15 is 0 Å². The zero-order valence-electron chi connectivity index (χ0n) is 11.3. The maximum atomic E-state index is 4.69. The van der Waals surface area contributed by atoms with Gasteiger partial charge in [0.15, 0.2) is 5.13 Å². The molecule has 1 N–H and O–H groups in total. The van der Waals surface area contributed by atoms with Crippen molar-refractivity contribution >= 4 is 26.7 Å². The van der Waals surface area contributed by atoms with Gasteiger partial charge in [-0.2, -0.15) is 0 Å². The van der Waals surface area contributed by atoms with Crippen LogP contribution in [-0.4, -0.2) is 11.0 Å². The molecule has 0 radical (unpaired) electrons. The maximum absolute atomic E-state index is 4.69. The van der Waals surface area contributed by atoms with E-state index in [9.17, 15) is 0 Å². The molecule has 2 unspecified atom stereocenters. The van der Waals surface area contributed by atoms with Crippen molar-refractivity contribution in [1.29, 1.82) is 0 Å². The Labute approximate surface area is 122 Å². The molecule has 2 atom stereocenters. The third kappa shape index (κ3) is 2.18. The predicted molar refractivity (Wildman–Crippen MR) is 85.6 cm³/mol. The van der Waals surface area contributed by atoms with Crippen LogP contribution < -0.4 is 5.32 Å². The van der Waals surface area contributed by atoms with Crippen molar-refractivity contribution in [2.75, 3.05) is 5.32 Å². The van der Waals surface area contributed by atoms with E-state index in [0.29, 0.717) is 12.0 Å². The van der Waals surface area contributed by atoms with Gasteiger partial charge in [0.1, 0.15) is 0 Å². The van der Waals surface area contributed by atoms with E-state index < -0.39 is 0 Å². The van der Waals surface area contributed by atoms with Crippen LogP contribution in [0, 0.1) is 6.92 Å². The summed E-state index contributed by atoms with van der Waals surface area (Å²) < 4.78 is 1.26. The molecule has 0 bridgehead atoms. The van der Waals surface area contributed by atoms with Crippen molar-refractivity contribution < 1.29 is 0 Å². The van der Waals surface area contributed by atoms with Gasteiger partial charge in [-0.1, -0.05) is 47.7 Å². The molecule has 100 valence electrons. The number of aryl methyl sites for hydroxylation is 1. The molecule has 1 aliphatic rings. The average Bonchev–Trinajstić information content (AvgIpc) is 3.10. The minimum absolute atomic E-state index is 0.541. The Kier molecular flexibility index (Phi) is 2.74. The summed E-state index contributed by atoms with van der Waals surface area (Å²) in [4.78, 5) is 4.69. The van der Waals surface area contributed by atoms with Gasteiger partial charge in [0.25, 0.3) is 0 Å². The summed E-state index contributed by atoms with van der Waals surface area (Å²) in [6, 6.07) is 17.7. The van der Waals surface area contributed by atoms with Crippen molar-refractivity contribution in [2.45, 2.75) is 25.3 Å². The molecule has 1 aromatic heterocycles. The van der Waals surface area contributed by atoms with Gasteiger partial charge in [-0.25, -0.2) is 4.98 Å². The van der Waals surface area contributed by atoms with Crippen LogP contribution in [0.3, 0.4) is 0 Å². The van der Waals surface area contributed by atoms with Crippen LogP contribution in [0.4, 0.5) is 5.13 Å². The maximum Gasteiger partial charge on any atom is 0.184 e. The minimum Gasteiger partial charge on any atom is -0.358 e. The number of benzene rings is 2. The molecule has 1 heterocycles. The first-order valence-electron chi connectivity index (χ1n) is 6.98. The normalized spacial score (nSPS) is 21.1. The smallest absolute Gasteiger partial charge is 0.184 e. The largest absolute Gasteiger partial charge is 0.358 e. The zero-order valence-corrected chi connectivity index (χ0v) is 12.2. The van der Waals surface area contributed by atoms with Gasteiger partial charge in [0.05, 0.1) is 10.2 Å². The zero-order chi connectivity index (χ0) is 13.5. The molecule has 1 fully saturated rings. The summed E-state index contributed by atoms with van der Waals surface area (Å²) >= 11 is 1.75. The number of thiazole rings is 1. The highest BCUT2D eigenvalue weighted by molar-refractivity contribution is 7.22. The number of rotatable bonds is 3. The van der Waals surface area contributed by atoms with Gasteiger partial charge in [0.2, 0.25) is 0 Å². The Morgan fingerprint density at radius 3 is 2.85 bits per heavy atom. The Hall–Kier alpha value is -1.87. The van der Waals surface area contributed by atoms with Crippen LogP contribution in [0.2, 0.25) is 0 Å². The van der Waals surface area contributed by atoms with Crippen molar-refractivity contribution in [2.24, 2.45) is 0 Å². The fraction of sp³-hybridized carbons (Fsp3) is 0.235. The molecule has 0 amide bonds. The third-order valence-electron chi connectivity index (χ3n) is 3.87. The number of fused-ring (bicyclic) bond motifs is 1. The molecule has 1 aliphatic carbocycles. The first-order valence-corrected chi connectivity index (χ1v) is 7.80. The van der Waals surface area contributed by atoms with Gasteiger partial charge in [-0.15, -0.1) is 0 Å². The van der Waals surface area contributed by atoms with Gasteiger partial charge in [-0.3, -0.25) is 0 Å². The van der Waals surface area contributed by atoms with Crippen molar-refractivity contribution in [3.8, 4) is 0 Å². The van der Waals surface area contributed by atoms with Gasteiger partial charge < -0.3 is 5.32 Å².